The number of hydrogen-bond donors (Lipinski definition) is 2. The summed E-state index contributed by atoms with van der Waals surface area (Å²) >= 11 is 0. The van der Waals surface area contributed by atoms with E-state index >= 15 is 0 Å². The van der Waals surface area contributed by atoms with Crippen LogP contribution >= 0.6 is 0 Å². The van der Waals surface area contributed by atoms with Crippen LogP contribution in [0, 0.1) is 6.92 Å². The van der Waals surface area contributed by atoms with Gasteiger partial charge in [-0.2, -0.15) is 0 Å². The summed E-state index contributed by atoms with van der Waals surface area (Å²) in [7, 11) is 3.74. The normalized spacial score (nSPS) is 18.0. The minimum absolute atomic E-state index is 0.347. The number of guanidine groups is 1. The van der Waals surface area contributed by atoms with Crippen LogP contribution in [0.15, 0.2) is 29.4 Å². The molecule has 0 spiro atoms. The fraction of sp³-hybridized carbons (Fsp3) is 0.500. The van der Waals surface area contributed by atoms with Crippen LogP contribution in [0.3, 0.4) is 0 Å². The molecule has 0 bridgehead atoms. The molecular weight excluding hydrogens is 304 g/mol. The van der Waals surface area contributed by atoms with Crippen molar-refractivity contribution < 1.29 is 0 Å². The topological polar surface area (TPSA) is 83.3 Å². The predicted molar refractivity (Wildman–Crippen MR) is 93.9 cm³/mol. The minimum atomic E-state index is 0.347. The van der Waals surface area contributed by atoms with E-state index < -0.39 is 0 Å². The van der Waals surface area contributed by atoms with Crippen LogP contribution < -0.4 is 15.5 Å². The van der Waals surface area contributed by atoms with Gasteiger partial charge in [0.15, 0.2) is 11.8 Å². The molecule has 2 aromatic rings. The van der Waals surface area contributed by atoms with E-state index in [2.05, 4.69) is 35.7 Å². The lowest BCUT2D eigenvalue weighted by molar-refractivity contribution is 0.639. The number of nitrogens with zero attached hydrogens (tertiary/aromatic N) is 6. The van der Waals surface area contributed by atoms with Crippen LogP contribution in [-0.4, -0.2) is 51.9 Å². The second kappa shape index (κ2) is 7.29. The summed E-state index contributed by atoms with van der Waals surface area (Å²) in [5, 5.41) is 15.0. The maximum Gasteiger partial charge on any atom is 0.191 e. The van der Waals surface area contributed by atoms with Gasteiger partial charge in [0, 0.05) is 39.4 Å². The van der Waals surface area contributed by atoms with Crippen LogP contribution in [0.4, 0.5) is 5.82 Å². The summed E-state index contributed by atoms with van der Waals surface area (Å²) in [5.74, 6) is 3.59. The summed E-state index contributed by atoms with van der Waals surface area (Å²) in [6.07, 6.45) is 2.89. The highest BCUT2D eigenvalue weighted by Gasteiger charge is 2.24. The van der Waals surface area contributed by atoms with Crippen molar-refractivity contribution in [3.8, 4) is 0 Å². The highest BCUT2D eigenvalue weighted by molar-refractivity contribution is 5.80. The molecule has 0 amide bonds. The number of pyridine rings is 1. The molecule has 1 aliphatic heterocycles. The Morgan fingerprint density at radius 3 is 2.92 bits per heavy atom. The Morgan fingerprint density at radius 1 is 1.38 bits per heavy atom. The van der Waals surface area contributed by atoms with E-state index in [0.29, 0.717) is 12.6 Å². The van der Waals surface area contributed by atoms with E-state index in [1.54, 1.807) is 7.05 Å². The molecule has 2 aromatic heterocycles. The Bertz CT molecular complexity index is 693. The SMILES string of the molecule is CN=C(NCc1nnc(C)n1C)NC1CCN(c2ccccn2)C1. The summed E-state index contributed by atoms with van der Waals surface area (Å²) in [6.45, 7) is 4.44. The van der Waals surface area contributed by atoms with Crippen molar-refractivity contribution in [2.24, 2.45) is 12.0 Å². The molecule has 3 heterocycles. The van der Waals surface area contributed by atoms with Crippen molar-refractivity contribution in [1.82, 2.24) is 30.4 Å². The van der Waals surface area contributed by atoms with Crippen LogP contribution in [0.25, 0.3) is 0 Å². The number of aromatic nitrogens is 4. The fourth-order valence-electron chi connectivity index (χ4n) is 2.78. The second-order valence-electron chi connectivity index (χ2n) is 5.91. The van der Waals surface area contributed by atoms with Crippen molar-refractivity contribution in [3.05, 3.63) is 36.0 Å². The minimum Gasteiger partial charge on any atom is -0.354 e. The molecule has 3 rings (SSSR count). The Hall–Kier alpha value is -2.64. The van der Waals surface area contributed by atoms with Gasteiger partial charge in [-0.1, -0.05) is 6.07 Å². The molecule has 0 aromatic carbocycles. The monoisotopic (exact) mass is 328 g/mol. The molecule has 0 radical (unpaired) electrons. The lowest BCUT2D eigenvalue weighted by Gasteiger charge is -2.19. The zero-order valence-electron chi connectivity index (χ0n) is 14.4. The molecule has 1 saturated heterocycles. The van der Waals surface area contributed by atoms with Crippen LogP contribution in [0.2, 0.25) is 0 Å². The number of hydrogen-bond acceptors (Lipinski definition) is 5. The van der Waals surface area contributed by atoms with E-state index in [4.69, 9.17) is 0 Å². The largest absolute Gasteiger partial charge is 0.354 e. The first-order valence-corrected chi connectivity index (χ1v) is 8.15. The number of aliphatic imine (C=N–C) groups is 1. The smallest absolute Gasteiger partial charge is 0.191 e. The standard InChI is InChI=1S/C16H24N8/c1-12-21-22-15(23(12)3)10-19-16(17-2)20-13-7-9-24(11-13)14-6-4-5-8-18-14/h4-6,8,13H,7,9-11H2,1-3H3,(H2,17,19,20). The van der Waals surface area contributed by atoms with Crippen molar-refractivity contribution in [2.75, 3.05) is 25.0 Å². The number of anilines is 1. The summed E-state index contributed by atoms with van der Waals surface area (Å²) in [5.41, 5.74) is 0. The van der Waals surface area contributed by atoms with Gasteiger partial charge < -0.3 is 20.1 Å². The average molecular weight is 328 g/mol. The van der Waals surface area contributed by atoms with E-state index in [0.717, 1.165) is 42.9 Å². The molecule has 24 heavy (non-hydrogen) atoms. The molecule has 1 atom stereocenters. The lowest BCUT2D eigenvalue weighted by Crippen LogP contribution is -2.44. The van der Waals surface area contributed by atoms with Gasteiger partial charge >= 0.3 is 0 Å². The van der Waals surface area contributed by atoms with Gasteiger partial charge in [0.25, 0.3) is 0 Å². The quantitative estimate of drug-likeness (QED) is 0.627. The first-order valence-electron chi connectivity index (χ1n) is 8.15. The highest BCUT2D eigenvalue weighted by Crippen LogP contribution is 2.17. The molecule has 0 saturated carbocycles. The fourth-order valence-corrected chi connectivity index (χ4v) is 2.78. The van der Waals surface area contributed by atoms with Gasteiger partial charge in [0.1, 0.15) is 11.6 Å². The molecular formula is C16H24N8. The third kappa shape index (κ3) is 3.64. The molecule has 8 nitrogen and oxygen atoms in total. The van der Waals surface area contributed by atoms with E-state index in [-0.39, 0.29) is 0 Å². The third-order valence-corrected chi connectivity index (χ3v) is 4.32. The molecule has 8 heteroatoms. The lowest BCUT2D eigenvalue weighted by atomic mass is 10.3. The van der Waals surface area contributed by atoms with Gasteiger partial charge in [-0.3, -0.25) is 4.99 Å². The maximum atomic E-state index is 4.42. The van der Waals surface area contributed by atoms with Crippen LogP contribution in [-0.2, 0) is 13.6 Å². The number of nitrogens with one attached hydrogen (secondary N) is 2. The van der Waals surface area contributed by atoms with Gasteiger partial charge in [0.2, 0.25) is 0 Å². The zero-order chi connectivity index (χ0) is 16.9. The summed E-state index contributed by atoms with van der Waals surface area (Å²) < 4.78 is 1.97. The van der Waals surface area contributed by atoms with E-state index in [1.165, 1.54) is 0 Å². The molecule has 0 aliphatic carbocycles. The third-order valence-electron chi connectivity index (χ3n) is 4.32. The highest BCUT2D eigenvalue weighted by atomic mass is 15.3. The Labute approximate surface area is 142 Å². The first-order chi connectivity index (χ1) is 11.7. The van der Waals surface area contributed by atoms with Crippen LogP contribution in [0.5, 0.6) is 0 Å². The molecule has 128 valence electrons. The van der Waals surface area contributed by atoms with Crippen LogP contribution in [0.1, 0.15) is 18.1 Å². The van der Waals surface area contributed by atoms with Gasteiger partial charge in [-0.15, -0.1) is 10.2 Å². The molecule has 2 N–H and O–H groups in total. The van der Waals surface area contributed by atoms with E-state index in [1.807, 2.05) is 42.9 Å². The Kier molecular flexibility index (Phi) is 4.93. The summed E-state index contributed by atoms with van der Waals surface area (Å²) in [4.78, 5) is 11.0. The zero-order valence-corrected chi connectivity index (χ0v) is 14.4. The van der Waals surface area contributed by atoms with Crippen molar-refractivity contribution in [1.29, 1.82) is 0 Å². The van der Waals surface area contributed by atoms with Gasteiger partial charge in [-0.25, -0.2) is 4.98 Å². The first kappa shape index (κ1) is 16.2. The molecule has 1 aliphatic rings. The summed E-state index contributed by atoms with van der Waals surface area (Å²) in [6, 6.07) is 6.35. The van der Waals surface area contributed by atoms with Gasteiger partial charge in [-0.05, 0) is 25.5 Å². The predicted octanol–water partition coefficient (Wildman–Crippen LogP) is 0.462. The Morgan fingerprint density at radius 2 is 2.25 bits per heavy atom. The van der Waals surface area contributed by atoms with Crippen molar-refractivity contribution >= 4 is 11.8 Å². The maximum absolute atomic E-state index is 4.42. The molecule has 1 unspecified atom stereocenters. The second-order valence-corrected chi connectivity index (χ2v) is 5.91. The van der Waals surface area contributed by atoms with Crippen molar-refractivity contribution in [2.45, 2.75) is 25.9 Å². The van der Waals surface area contributed by atoms with Crippen molar-refractivity contribution in [3.63, 3.8) is 0 Å². The Balaban J connectivity index is 1.52. The van der Waals surface area contributed by atoms with E-state index in [9.17, 15) is 0 Å². The van der Waals surface area contributed by atoms with Gasteiger partial charge in [0.05, 0.1) is 6.54 Å². The number of rotatable bonds is 4. The molecule has 1 fully saturated rings. The average Bonchev–Trinajstić information content (AvgIpc) is 3.20. The number of aryl methyl sites for hydroxylation is 1.